The molecule has 0 aromatic carbocycles. The molecule has 4 N–H and O–H groups in total. The lowest BCUT2D eigenvalue weighted by molar-refractivity contribution is -0.139. The maximum atomic E-state index is 12.6. The van der Waals surface area contributed by atoms with Gasteiger partial charge in [-0.1, -0.05) is 26.0 Å². The molecule has 4 rings (SSSR count). The molecular weight excluding hydrogens is 322 g/mol. The average molecular weight is 358 g/mol. The van der Waals surface area contributed by atoms with E-state index in [9.17, 15) is 4.79 Å². The highest BCUT2D eigenvalue weighted by Crippen LogP contribution is 2.67. The van der Waals surface area contributed by atoms with Gasteiger partial charge in [-0.05, 0) is 92.6 Å². The van der Waals surface area contributed by atoms with Crippen molar-refractivity contribution in [1.82, 2.24) is 0 Å². The van der Waals surface area contributed by atoms with Crippen molar-refractivity contribution in [3.05, 3.63) is 12.2 Å². The number of carbonyl (C=O) groups is 1. The smallest absolute Gasteiger partial charge is 0.265 e. The number of hydrogen-bond acceptors (Lipinski definition) is 3. The van der Waals surface area contributed by atoms with E-state index in [1.165, 1.54) is 31.3 Å². The fourth-order valence-corrected chi connectivity index (χ4v) is 7.97. The van der Waals surface area contributed by atoms with Crippen LogP contribution in [0.2, 0.25) is 0 Å². The van der Waals surface area contributed by atoms with Crippen LogP contribution in [0.4, 0.5) is 0 Å². The van der Waals surface area contributed by atoms with Crippen LogP contribution < -0.4 is 11.5 Å². The van der Waals surface area contributed by atoms with E-state index in [1.54, 1.807) is 0 Å². The number of allylic oxidation sites excluding steroid dienone is 1. The minimum absolute atomic E-state index is 0.110. The predicted octanol–water partition coefficient (Wildman–Crippen LogP) is 3.45. The lowest BCUT2D eigenvalue weighted by Crippen LogP contribution is -2.66. The molecule has 8 atom stereocenters. The summed E-state index contributed by atoms with van der Waals surface area (Å²) in [6, 6.07) is 0.110. The van der Waals surface area contributed by atoms with Crippen LogP contribution in [-0.4, -0.2) is 24.2 Å². The van der Waals surface area contributed by atoms with E-state index in [1.807, 2.05) is 0 Å². The third kappa shape index (κ3) is 2.15. The number of nitrogens with two attached hydrogens (primary N) is 2. The molecule has 144 valence electrons. The molecule has 1 amide bonds. The fraction of sp³-hybridized carbons (Fsp3) is 0.818. The Morgan fingerprint density at radius 2 is 1.96 bits per heavy atom. The third-order valence-corrected chi connectivity index (χ3v) is 9.41. The quantitative estimate of drug-likeness (QED) is 0.557. The first kappa shape index (κ1) is 18.4. The Kier molecular flexibility index (Phi) is 4.06. The zero-order valence-electron chi connectivity index (χ0n) is 16.5. The van der Waals surface area contributed by atoms with Crippen LogP contribution in [0, 0.1) is 34.5 Å². The van der Waals surface area contributed by atoms with Gasteiger partial charge in [-0.15, -0.1) is 0 Å². The van der Waals surface area contributed by atoms with Crippen LogP contribution in [0.5, 0.6) is 0 Å². The van der Waals surface area contributed by atoms with E-state index >= 15 is 0 Å². The molecule has 4 fully saturated rings. The first-order chi connectivity index (χ1) is 12.2. The molecule has 0 aliphatic heterocycles. The van der Waals surface area contributed by atoms with E-state index in [0.29, 0.717) is 23.2 Å². The van der Waals surface area contributed by atoms with Crippen LogP contribution >= 0.6 is 0 Å². The summed E-state index contributed by atoms with van der Waals surface area (Å²) in [4.78, 5) is 16.3. The minimum atomic E-state index is -0.888. The van der Waals surface area contributed by atoms with Gasteiger partial charge in [0.2, 0.25) is 0 Å². The van der Waals surface area contributed by atoms with Gasteiger partial charge in [0.25, 0.3) is 5.91 Å². The molecule has 0 radical (unpaired) electrons. The Balaban J connectivity index is 1.71. The summed E-state index contributed by atoms with van der Waals surface area (Å²) in [6.07, 6.45) is 8.60. The van der Waals surface area contributed by atoms with Crippen LogP contribution in [0.25, 0.3) is 0 Å². The molecule has 26 heavy (non-hydrogen) atoms. The van der Waals surface area contributed by atoms with Crippen LogP contribution in [0.15, 0.2) is 17.1 Å². The SMILES string of the molecule is C=NC(=O)C1(N)CCC2C3CCC4CC(=C)CCC4(C)C3C(N)CC21C. The highest BCUT2D eigenvalue weighted by molar-refractivity contribution is 5.91. The highest BCUT2D eigenvalue weighted by Gasteiger charge is 2.67. The summed E-state index contributed by atoms with van der Waals surface area (Å²) in [6.45, 7) is 12.4. The summed E-state index contributed by atoms with van der Waals surface area (Å²) in [7, 11) is 0. The van der Waals surface area contributed by atoms with Gasteiger partial charge in [-0.25, -0.2) is 4.99 Å². The van der Waals surface area contributed by atoms with Gasteiger partial charge in [0, 0.05) is 6.04 Å². The van der Waals surface area contributed by atoms with Gasteiger partial charge in [-0.3, -0.25) is 4.79 Å². The van der Waals surface area contributed by atoms with E-state index in [0.717, 1.165) is 31.6 Å². The minimum Gasteiger partial charge on any atom is -0.327 e. The molecule has 4 nitrogen and oxygen atoms in total. The largest absolute Gasteiger partial charge is 0.327 e. The van der Waals surface area contributed by atoms with Crippen molar-refractivity contribution in [3.8, 4) is 0 Å². The maximum absolute atomic E-state index is 12.6. The summed E-state index contributed by atoms with van der Waals surface area (Å²) in [5, 5.41) is 0. The number of hydrogen-bond donors (Lipinski definition) is 2. The zero-order chi connectivity index (χ0) is 18.9. The molecule has 8 unspecified atom stereocenters. The normalized spacial score (nSPS) is 53.4. The lowest BCUT2D eigenvalue weighted by atomic mass is 9.43. The monoisotopic (exact) mass is 357 g/mol. The van der Waals surface area contributed by atoms with Crippen LogP contribution in [0.1, 0.15) is 65.2 Å². The summed E-state index contributed by atoms with van der Waals surface area (Å²) >= 11 is 0. The van der Waals surface area contributed by atoms with Crippen molar-refractivity contribution in [1.29, 1.82) is 0 Å². The Labute approximate surface area is 157 Å². The molecule has 0 spiro atoms. The second-order valence-electron chi connectivity index (χ2n) is 10.3. The van der Waals surface area contributed by atoms with Crippen molar-refractivity contribution in [3.63, 3.8) is 0 Å². The lowest BCUT2D eigenvalue weighted by Gasteiger charge is -2.63. The Morgan fingerprint density at radius 3 is 2.65 bits per heavy atom. The molecule has 4 saturated carbocycles. The first-order valence-corrected chi connectivity index (χ1v) is 10.4. The van der Waals surface area contributed by atoms with Gasteiger partial charge < -0.3 is 11.5 Å². The van der Waals surface area contributed by atoms with E-state index < -0.39 is 5.54 Å². The van der Waals surface area contributed by atoms with Crippen molar-refractivity contribution in [2.24, 2.45) is 51.0 Å². The number of aliphatic imine (C=N–C) groups is 1. The first-order valence-electron chi connectivity index (χ1n) is 10.4. The van der Waals surface area contributed by atoms with Crippen molar-refractivity contribution < 1.29 is 4.79 Å². The molecule has 0 saturated heterocycles. The molecular formula is C22H35N3O. The summed E-state index contributed by atoms with van der Waals surface area (Å²) in [5.41, 5.74) is 14.2. The van der Waals surface area contributed by atoms with Gasteiger partial charge in [0.1, 0.15) is 5.54 Å². The topological polar surface area (TPSA) is 81.5 Å². The number of amides is 1. The molecule has 4 aliphatic carbocycles. The Morgan fingerprint density at radius 1 is 1.23 bits per heavy atom. The Bertz CT molecular complexity index is 660. The van der Waals surface area contributed by atoms with Crippen molar-refractivity contribution in [2.45, 2.75) is 76.8 Å². The molecule has 0 bridgehead atoms. The van der Waals surface area contributed by atoms with Crippen molar-refractivity contribution >= 4 is 12.6 Å². The number of nitrogens with zero attached hydrogens (tertiary/aromatic N) is 1. The predicted molar refractivity (Wildman–Crippen MR) is 106 cm³/mol. The number of fused-ring (bicyclic) bond motifs is 5. The van der Waals surface area contributed by atoms with E-state index in [4.69, 9.17) is 11.5 Å². The molecule has 4 heteroatoms. The number of carbonyl (C=O) groups excluding carboxylic acids is 1. The highest BCUT2D eigenvalue weighted by atomic mass is 16.2. The van der Waals surface area contributed by atoms with Gasteiger partial charge >= 0.3 is 0 Å². The molecule has 0 aromatic rings. The standard InChI is InChI=1S/C22H35N3O/c1-13-7-9-20(2)14(11-13)5-6-15-16-8-10-22(24,19(26)25-4)21(16,3)12-17(23)18(15)20/h14-18H,1,4-12,23-24H2,2-3H3. The zero-order valence-corrected chi connectivity index (χ0v) is 16.5. The summed E-state index contributed by atoms with van der Waals surface area (Å²) in [5.74, 6) is 2.09. The van der Waals surface area contributed by atoms with Gasteiger partial charge in [-0.2, -0.15) is 0 Å². The number of rotatable bonds is 1. The van der Waals surface area contributed by atoms with E-state index in [-0.39, 0.29) is 17.4 Å². The van der Waals surface area contributed by atoms with E-state index in [2.05, 4.69) is 32.1 Å². The van der Waals surface area contributed by atoms with Gasteiger partial charge in [0.05, 0.1) is 0 Å². The second kappa shape index (κ2) is 5.75. The second-order valence-corrected chi connectivity index (χ2v) is 10.3. The average Bonchev–Trinajstić information content (AvgIpc) is 2.86. The summed E-state index contributed by atoms with van der Waals surface area (Å²) < 4.78 is 0. The fourth-order valence-electron chi connectivity index (χ4n) is 7.97. The van der Waals surface area contributed by atoms with Gasteiger partial charge in [0.15, 0.2) is 0 Å². The van der Waals surface area contributed by atoms with Crippen LogP contribution in [-0.2, 0) is 4.79 Å². The van der Waals surface area contributed by atoms with Crippen molar-refractivity contribution in [2.75, 3.05) is 0 Å². The molecule has 0 aromatic heterocycles. The Hall–Kier alpha value is -1.00. The maximum Gasteiger partial charge on any atom is 0.265 e. The molecule has 0 heterocycles. The van der Waals surface area contributed by atoms with Crippen LogP contribution in [0.3, 0.4) is 0 Å². The molecule has 4 aliphatic rings. The third-order valence-electron chi connectivity index (χ3n) is 9.41.